The first-order chi connectivity index (χ1) is 10.6. The summed E-state index contributed by atoms with van der Waals surface area (Å²) in [5.41, 5.74) is 2.60. The van der Waals surface area contributed by atoms with Crippen LogP contribution in [0.2, 0.25) is 5.02 Å². The van der Waals surface area contributed by atoms with Crippen LogP contribution >= 0.6 is 11.6 Å². The number of benzene rings is 2. The maximum Gasteiger partial charge on any atom is 0.224 e. The third-order valence-corrected chi connectivity index (χ3v) is 3.85. The maximum absolute atomic E-state index is 11.3. The van der Waals surface area contributed by atoms with E-state index in [9.17, 15) is 9.90 Å². The number of fused-ring (bicyclic) bond motifs is 1. The highest BCUT2D eigenvalue weighted by Gasteiger charge is 2.15. The van der Waals surface area contributed by atoms with E-state index in [0.717, 1.165) is 16.8 Å². The molecule has 0 radical (unpaired) electrons. The number of hydrogen-bond donors (Lipinski definition) is 2. The molecule has 22 heavy (non-hydrogen) atoms. The van der Waals surface area contributed by atoms with E-state index in [4.69, 9.17) is 16.3 Å². The lowest BCUT2D eigenvalue weighted by molar-refractivity contribution is -0.116. The highest BCUT2D eigenvalue weighted by Crippen LogP contribution is 2.27. The summed E-state index contributed by atoms with van der Waals surface area (Å²) in [7, 11) is 0. The zero-order valence-electron chi connectivity index (χ0n) is 11.9. The molecule has 1 amide bonds. The molecule has 0 bridgehead atoms. The first-order valence-corrected chi connectivity index (χ1v) is 7.49. The van der Waals surface area contributed by atoms with Gasteiger partial charge in [-0.1, -0.05) is 23.7 Å². The fourth-order valence-corrected chi connectivity index (χ4v) is 2.63. The Morgan fingerprint density at radius 1 is 1.23 bits per heavy atom. The van der Waals surface area contributed by atoms with E-state index in [1.165, 1.54) is 0 Å². The van der Waals surface area contributed by atoms with E-state index in [0.29, 0.717) is 23.6 Å². The second-order valence-corrected chi connectivity index (χ2v) is 5.69. The van der Waals surface area contributed by atoms with Crippen LogP contribution in [0.4, 0.5) is 5.69 Å². The standard InChI is InChI=1S/C17H16ClNO3/c18-13-3-1-2-12(8-13)16(20)10-22-14-5-6-15-11(9-14)4-7-17(21)19-15/h1-3,5-6,8-9,16,20H,4,7,10H2,(H,19,21). The van der Waals surface area contributed by atoms with Gasteiger partial charge in [-0.05, 0) is 47.9 Å². The normalized spacial score (nSPS) is 14.9. The van der Waals surface area contributed by atoms with Crippen LogP contribution in [-0.2, 0) is 11.2 Å². The van der Waals surface area contributed by atoms with Gasteiger partial charge in [-0.25, -0.2) is 0 Å². The number of rotatable bonds is 4. The largest absolute Gasteiger partial charge is 0.491 e. The summed E-state index contributed by atoms with van der Waals surface area (Å²) >= 11 is 5.91. The van der Waals surface area contributed by atoms with E-state index in [2.05, 4.69) is 5.32 Å². The van der Waals surface area contributed by atoms with Crippen LogP contribution < -0.4 is 10.1 Å². The molecule has 2 aromatic carbocycles. The molecule has 114 valence electrons. The predicted octanol–water partition coefficient (Wildman–Crippen LogP) is 3.34. The molecule has 2 N–H and O–H groups in total. The van der Waals surface area contributed by atoms with Crippen LogP contribution in [0.1, 0.15) is 23.7 Å². The van der Waals surface area contributed by atoms with Crippen molar-refractivity contribution in [2.45, 2.75) is 18.9 Å². The van der Waals surface area contributed by atoms with Crippen molar-refractivity contribution < 1.29 is 14.6 Å². The molecule has 0 aliphatic carbocycles. The molecule has 0 saturated heterocycles. The zero-order chi connectivity index (χ0) is 15.5. The predicted molar refractivity (Wildman–Crippen MR) is 85.3 cm³/mol. The molecule has 0 spiro atoms. The number of aliphatic hydroxyl groups is 1. The molecule has 1 aliphatic rings. The maximum atomic E-state index is 11.3. The lowest BCUT2D eigenvalue weighted by Gasteiger charge is -2.18. The number of carbonyl (C=O) groups is 1. The van der Waals surface area contributed by atoms with Gasteiger partial charge in [0, 0.05) is 17.1 Å². The third kappa shape index (κ3) is 3.40. The number of nitrogens with one attached hydrogen (secondary N) is 1. The highest BCUT2D eigenvalue weighted by atomic mass is 35.5. The Hall–Kier alpha value is -2.04. The molecule has 1 heterocycles. The second kappa shape index (κ2) is 6.38. The molecule has 3 rings (SSSR count). The number of aryl methyl sites for hydroxylation is 1. The zero-order valence-corrected chi connectivity index (χ0v) is 12.6. The van der Waals surface area contributed by atoms with E-state index < -0.39 is 6.10 Å². The monoisotopic (exact) mass is 317 g/mol. The van der Waals surface area contributed by atoms with Crippen LogP contribution in [-0.4, -0.2) is 17.6 Å². The van der Waals surface area contributed by atoms with Crippen molar-refractivity contribution >= 4 is 23.2 Å². The van der Waals surface area contributed by atoms with Crippen LogP contribution in [0.15, 0.2) is 42.5 Å². The average molecular weight is 318 g/mol. The van der Waals surface area contributed by atoms with Gasteiger partial charge in [-0.15, -0.1) is 0 Å². The second-order valence-electron chi connectivity index (χ2n) is 5.25. The van der Waals surface area contributed by atoms with Crippen molar-refractivity contribution in [2.75, 3.05) is 11.9 Å². The Labute approximate surface area is 133 Å². The summed E-state index contributed by atoms with van der Waals surface area (Å²) in [4.78, 5) is 11.3. The van der Waals surface area contributed by atoms with Gasteiger partial charge in [0.1, 0.15) is 18.5 Å². The Kier molecular flexibility index (Phi) is 4.32. The molecule has 2 aromatic rings. The van der Waals surface area contributed by atoms with Crippen molar-refractivity contribution in [1.29, 1.82) is 0 Å². The summed E-state index contributed by atoms with van der Waals surface area (Å²) in [5, 5.41) is 13.5. The number of ether oxygens (including phenoxy) is 1. The van der Waals surface area contributed by atoms with Gasteiger partial charge in [0.25, 0.3) is 0 Å². The van der Waals surface area contributed by atoms with Gasteiger partial charge in [-0.3, -0.25) is 4.79 Å². The smallest absolute Gasteiger partial charge is 0.224 e. The first-order valence-electron chi connectivity index (χ1n) is 7.11. The minimum Gasteiger partial charge on any atom is -0.491 e. The SMILES string of the molecule is O=C1CCc2cc(OCC(O)c3cccc(Cl)c3)ccc2N1. The van der Waals surface area contributed by atoms with Gasteiger partial charge >= 0.3 is 0 Å². The molecule has 1 aliphatic heterocycles. The molecule has 4 nitrogen and oxygen atoms in total. The molecule has 0 saturated carbocycles. The Morgan fingerprint density at radius 2 is 2.09 bits per heavy atom. The Bertz CT molecular complexity index is 702. The van der Waals surface area contributed by atoms with E-state index >= 15 is 0 Å². The quantitative estimate of drug-likeness (QED) is 0.909. The summed E-state index contributed by atoms with van der Waals surface area (Å²) in [5.74, 6) is 0.716. The first kappa shape index (κ1) is 14.9. The van der Waals surface area contributed by atoms with Gasteiger partial charge in [0.15, 0.2) is 0 Å². The van der Waals surface area contributed by atoms with Crippen molar-refractivity contribution in [3.63, 3.8) is 0 Å². The fourth-order valence-electron chi connectivity index (χ4n) is 2.43. The van der Waals surface area contributed by atoms with Crippen LogP contribution in [0.5, 0.6) is 5.75 Å². The number of hydrogen-bond acceptors (Lipinski definition) is 3. The van der Waals surface area contributed by atoms with Crippen LogP contribution in [0, 0.1) is 0 Å². The number of aliphatic hydroxyl groups excluding tert-OH is 1. The number of carbonyl (C=O) groups excluding carboxylic acids is 1. The van der Waals surface area contributed by atoms with E-state index in [-0.39, 0.29) is 12.5 Å². The summed E-state index contributed by atoms with van der Waals surface area (Å²) < 4.78 is 5.65. The van der Waals surface area contributed by atoms with Crippen molar-refractivity contribution in [2.24, 2.45) is 0 Å². The Balaban J connectivity index is 1.65. The van der Waals surface area contributed by atoms with Crippen molar-refractivity contribution in [3.8, 4) is 5.75 Å². The molecule has 1 atom stereocenters. The summed E-state index contributed by atoms with van der Waals surface area (Å²) in [6, 6.07) is 12.6. The number of anilines is 1. The van der Waals surface area contributed by atoms with Crippen LogP contribution in [0.25, 0.3) is 0 Å². The van der Waals surface area contributed by atoms with Gasteiger partial charge < -0.3 is 15.2 Å². The summed E-state index contributed by atoms with van der Waals surface area (Å²) in [6.45, 7) is 0.144. The lowest BCUT2D eigenvalue weighted by atomic mass is 10.0. The average Bonchev–Trinajstić information content (AvgIpc) is 2.52. The molecular weight excluding hydrogens is 302 g/mol. The fraction of sp³-hybridized carbons (Fsp3) is 0.235. The van der Waals surface area contributed by atoms with E-state index in [1.807, 2.05) is 18.2 Å². The summed E-state index contributed by atoms with van der Waals surface area (Å²) in [6.07, 6.45) is 0.450. The third-order valence-electron chi connectivity index (χ3n) is 3.61. The lowest BCUT2D eigenvalue weighted by Crippen LogP contribution is -2.19. The van der Waals surface area contributed by atoms with E-state index in [1.54, 1.807) is 24.3 Å². The van der Waals surface area contributed by atoms with Gasteiger partial charge in [-0.2, -0.15) is 0 Å². The van der Waals surface area contributed by atoms with Gasteiger partial charge in [0.05, 0.1) is 0 Å². The highest BCUT2D eigenvalue weighted by molar-refractivity contribution is 6.30. The Morgan fingerprint density at radius 3 is 2.91 bits per heavy atom. The topological polar surface area (TPSA) is 58.6 Å². The van der Waals surface area contributed by atoms with Crippen LogP contribution in [0.3, 0.4) is 0 Å². The minimum absolute atomic E-state index is 0.0394. The van der Waals surface area contributed by atoms with Crippen molar-refractivity contribution in [1.82, 2.24) is 0 Å². The van der Waals surface area contributed by atoms with Gasteiger partial charge in [0.2, 0.25) is 5.91 Å². The number of amides is 1. The van der Waals surface area contributed by atoms with Crippen molar-refractivity contribution in [3.05, 3.63) is 58.6 Å². The minimum atomic E-state index is -0.741. The molecule has 5 heteroatoms. The molecule has 1 unspecified atom stereocenters. The molecular formula is C17H16ClNO3. The number of halogens is 1. The molecule has 0 aromatic heterocycles. The molecule has 0 fully saturated rings.